The molecule has 0 spiro atoms. The van der Waals surface area contributed by atoms with Crippen molar-refractivity contribution >= 4 is 16.9 Å². The summed E-state index contributed by atoms with van der Waals surface area (Å²) in [4.78, 5) is 19.4. The van der Waals surface area contributed by atoms with Gasteiger partial charge in [0.15, 0.2) is 0 Å². The van der Waals surface area contributed by atoms with Gasteiger partial charge >= 0.3 is 0 Å². The van der Waals surface area contributed by atoms with Gasteiger partial charge in [-0.2, -0.15) is 0 Å². The molecule has 158 valence electrons. The molecule has 4 N–H and O–H groups in total. The highest BCUT2D eigenvalue weighted by molar-refractivity contribution is 6.04. The Kier molecular flexibility index (Phi) is 6.59. The van der Waals surface area contributed by atoms with Gasteiger partial charge in [-0.1, -0.05) is 36.4 Å². The Bertz CT molecular complexity index is 1140. The molecular formula is C25H26N4O2. The second kappa shape index (κ2) is 9.91. The molecule has 0 bridgehead atoms. The number of primary amides is 1. The van der Waals surface area contributed by atoms with Gasteiger partial charge in [0.25, 0.3) is 5.91 Å². The summed E-state index contributed by atoms with van der Waals surface area (Å²) in [6.45, 7) is 2.55. The van der Waals surface area contributed by atoms with E-state index >= 15 is 0 Å². The van der Waals surface area contributed by atoms with Crippen molar-refractivity contribution in [2.24, 2.45) is 5.73 Å². The first-order valence-corrected chi connectivity index (χ1v) is 10.5. The summed E-state index contributed by atoms with van der Waals surface area (Å²) in [5, 5.41) is 3.45. The monoisotopic (exact) mass is 414 g/mol. The highest BCUT2D eigenvalue weighted by Crippen LogP contribution is 2.24. The molecule has 0 unspecified atom stereocenters. The topological polar surface area (TPSA) is 93.0 Å². The molecule has 0 aliphatic rings. The lowest BCUT2D eigenvalue weighted by molar-refractivity contribution is 0.100. The van der Waals surface area contributed by atoms with E-state index in [1.165, 1.54) is 5.56 Å². The summed E-state index contributed by atoms with van der Waals surface area (Å²) in [6.07, 6.45) is 1.97. The van der Waals surface area contributed by atoms with E-state index in [0.29, 0.717) is 23.5 Å². The minimum Gasteiger partial charge on any atom is -0.494 e. The van der Waals surface area contributed by atoms with E-state index < -0.39 is 5.91 Å². The van der Waals surface area contributed by atoms with Crippen LogP contribution in [0.1, 0.15) is 22.3 Å². The molecule has 0 saturated carbocycles. The van der Waals surface area contributed by atoms with Crippen LogP contribution in [0, 0.1) is 0 Å². The van der Waals surface area contributed by atoms with Crippen LogP contribution in [-0.4, -0.2) is 35.6 Å². The molecule has 0 aliphatic carbocycles. The highest BCUT2D eigenvalue weighted by Gasteiger charge is 2.12. The Labute approximate surface area is 181 Å². The number of H-pyrrole nitrogens is 1. The molecule has 0 radical (unpaired) electrons. The Morgan fingerprint density at radius 3 is 2.55 bits per heavy atom. The predicted molar refractivity (Wildman–Crippen MR) is 123 cm³/mol. The third-order valence-corrected chi connectivity index (χ3v) is 5.11. The number of hydrogen-bond acceptors (Lipinski definition) is 4. The summed E-state index contributed by atoms with van der Waals surface area (Å²) >= 11 is 0. The molecular weight excluding hydrogens is 388 g/mol. The van der Waals surface area contributed by atoms with Crippen molar-refractivity contribution in [2.45, 2.75) is 12.8 Å². The maximum absolute atomic E-state index is 11.6. The number of imidazole rings is 1. The van der Waals surface area contributed by atoms with E-state index in [-0.39, 0.29) is 0 Å². The fourth-order valence-corrected chi connectivity index (χ4v) is 3.47. The average molecular weight is 415 g/mol. The zero-order valence-electron chi connectivity index (χ0n) is 17.3. The molecule has 0 saturated heterocycles. The number of fused-ring (bicyclic) bond motifs is 1. The number of benzene rings is 3. The van der Waals surface area contributed by atoms with E-state index in [0.717, 1.165) is 42.8 Å². The van der Waals surface area contributed by atoms with E-state index in [9.17, 15) is 4.79 Å². The number of aromatic nitrogens is 2. The molecule has 6 nitrogen and oxygen atoms in total. The van der Waals surface area contributed by atoms with Crippen molar-refractivity contribution in [1.82, 2.24) is 15.3 Å². The smallest absolute Gasteiger partial charge is 0.250 e. The average Bonchev–Trinajstić information content (AvgIpc) is 3.24. The Hall–Kier alpha value is -3.64. The molecule has 1 aromatic heterocycles. The van der Waals surface area contributed by atoms with E-state index in [4.69, 9.17) is 10.5 Å². The van der Waals surface area contributed by atoms with Crippen molar-refractivity contribution in [3.8, 4) is 17.1 Å². The number of amides is 1. The normalized spacial score (nSPS) is 11.0. The van der Waals surface area contributed by atoms with Crippen LogP contribution in [-0.2, 0) is 6.42 Å². The Morgan fingerprint density at radius 1 is 0.968 bits per heavy atom. The summed E-state index contributed by atoms with van der Waals surface area (Å²) in [6, 6.07) is 23.6. The maximum Gasteiger partial charge on any atom is 0.250 e. The van der Waals surface area contributed by atoms with Crippen LogP contribution in [0.4, 0.5) is 0 Å². The number of hydrogen-bond donors (Lipinski definition) is 3. The predicted octanol–water partition coefficient (Wildman–Crippen LogP) is 3.93. The molecule has 1 heterocycles. The van der Waals surface area contributed by atoms with E-state index in [2.05, 4.69) is 39.6 Å². The molecule has 3 aromatic carbocycles. The van der Waals surface area contributed by atoms with Gasteiger partial charge in [0, 0.05) is 5.56 Å². The standard InChI is InChI=1S/C25H26N4O2/c26-24(30)21-8-4-9-22-23(21)29-25(28-22)19-10-12-20(13-11-19)31-17-5-15-27-16-14-18-6-2-1-3-7-18/h1-4,6-13,27H,5,14-17H2,(H2,26,30)(H,28,29). The number of nitrogens with zero attached hydrogens (tertiary/aromatic N) is 1. The zero-order chi connectivity index (χ0) is 21.5. The number of ether oxygens (including phenoxy) is 1. The second-order valence-electron chi connectivity index (χ2n) is 7.36. The van der Waals surface area contributed by atoms with Crippen molar-refractivity contribution < 1.29 is 9.53 Å². The number of nitrogens with one attached hydrogen (secondary N) is 2. The summed E-state index contributed by atoms with van der Waals surface area (Å²) in [5.41, 5.74) is 9.50. The number of carbonyl (C=O) groups is 1. The zero-order valence-corrected chi connectivity index (χ0v) is 17.3. The molecule has 0 fully saturated rings. The number of carbonyl (C=O) groups excluding carboxylic acids is 1. The maximum atomic E-state index is 11.6. The first-order chi connectivity index (χ1) is 15.2. The largest absolute Gasteiger partial charge is 0.494 e. The molecule has 4 aromatic rings. The van der Waals surface area contributed by atoms with E-state index in [1.54, 1.807) is 12.1 Å². The Morgan fingerprint density at radius 2 is 1.77 bits per heavy atom. The van der Waals surface area contributed by atoms with Crippen molar-refractivity contribution in [2.75, 3.05) is 19.7 Å². The summed E-state index contributed by atoms with van der Waals surface area (Å²) < 4.78 is 5.84. The molecule has 0 atom stereocenters. The van der Waals surface area contributed by atoms with Gasteiger partial charge in [-0.3, -0.25) is 4.79 Å². The lowest BCUT2D eigenvalue weighted by atomic mass is 10.1. The Balaban J connectivity index is 1.25. The third kappa shape index (κ3) is 5.29. The van der Waals surface area contributed by atoms with Crippen molar-refractivity contribution in [3.63, 3.8) is 0 Å². The van der Waals surface area contributed by atoms with E-state index in [1.807, 2.05) is 36.4 Å². The fraction of sp³-hybridized carbons (Fsp3) is 0.200. The van der Waals surface area contributed by atoms with Crippen LogP contribution in [0.2, 0.25) is 0 Å². The first-order valence-electron chi connectivity index (χ1n) is 10.5. The lowest BCUT2D eigenvalue weighted by Gasteiger charge is -2.08. The van der Waals surface area contributed by atoms with Gasteiger partial charge in [0.1, 0.15) is 17.1 Å². The highest BCUT2D eigenvalue weighted by atomic mass is 16.5. The molecule has 31 heavy (non-hydrogen) atoms. The van der Waals surface area contributed by atoms with Crippen LogP contribution < -0.4 is 15.8 Å². The number of nitrogens with two attached hydrogens (primary N) is 1. The number of para-hydroxylation sites is 1. The number of rotatable bonds is 10. The van der Waals surface area contributed by atoms with Crippen LogP contribution in [0.3, 0.4) is 0 Å². The van der Waals surface area contributed by atoms with Gasteiger partial charge in [0.05, 0.1) is 17.7 Å². The van der Waals surface area contributed by atoms with Gasteiger partial charge < -0.3 is 20.8 Å². The molecule has 4 rings (SSSR count). The van der Waals surface area contributed by atoms with Gasteiger partial charge in [-0.15, -0.1) is 0 Å². The van der Waals surface area contributed by atoms with Gasteiger partial charge in [-0.05, 0) is 67.9 Å². The van der Waals surface area contributed by atoms with Crippen LogP contribution >= 0.6 is 0 Å². The molecule has 6 heteroatoms. The minimum absolute atomic E-state index is 0.414. The SMILES string of the molecule is NC(=O)c1cccc2[nH]c(-c3ccc(OCCCNCCc4ccccc4)cc3)nc12. The van der Waals surface area contributed by atoms with Crippen LogP contribution in [0.25, 0.3) is 22.4 Å². The summed E-state index contributed by atoms with van der Waals surface area (Å²) in [7, 11) is 0. The molecule has 0 aliphatic heterocycles. The van der Waals surface area contributed by atoms with Crippen LogP contribution in [0.5, 0.6) is 5.75 Å². The minimum atomic E-state index is -0.484. The van der Waals surface area contributed by atoms with Crippen molar-refractivity contribution in [3.05, 3.63) is 83.9 Å². The van der Waals surface area contributed by atoms with Crippen LogP contribution in [0.15, 0.2) is 72.8 Å². The molecule has 1 amide bonds. The fourth-order valence-electron chi connectivity index (χ4n) is 3.47. The second-order valence-corrected chi connectivity index (χ2v) is 7.36. The van der Waals surface area contributed by atoms with Gasteiger partial charge in [0.2, 0.25) is 0 Å². The van der Waals surface area contributed by atoms with Gasteiger partial charge in [-0.25, -0.2) is 4.98 Å². The number of aromatic amines is 1. The summed E-state index contributed by atoms with van der Waals surface area (Å²) in [5.74, 6) is 1.03. The quantitative estimate of drug-likeness (QED) is 0.343. The third-order valence-electron chi connectivity index (χ3n) is 5.11. The lowest BCUT2D eigenvalue weighted by Crippen LogP contribution is -2.20. The van der Waals surface area contributed by atoms with Crippen molar-refractivity contribution in [1.29, 1.82) is 0 Å². The first kappa shape index (κ1) is 20.6.